The van der Waals surface area contributed by atoms with Crippen LogP contribution in [-0.2, 0) is 14.3 Å². The number of imidazole rings is 1. The van der Waals surface area contributed by atoms with Gasteiger partial charge >= 0.3 is 5.97 Å². The number of hydrogen-bond donors (Lipinski definition) is 4. The van der Waals surface area contributed by atoms with Gasteiger partial charge in [0, 0.05) is 6.42 Å². The van der Waals surface area contributed by atoms with Crippen LogP contribution >= 0.6 is 0 Å². The second-order valence-electron chi connectivity index (χ2n) is 5.28. The van der Waals surface area contributed by atoms with E-state index in [1.807, 2.05) is 0 Å². The lowest BCUT2D eigenvalue weighted by Gasteiger charge is -2.13. The number of aliphatic hydroxyl groups is 2. The van der Waals surface area contributed by atoms with Gasteiger partial charge in [-0.25, -0.2) is 4.98 Å². The zero-order valence-corrected chi connectivity index (χ0v) is 12.8. The van der Waals surface area contributed by atoms with Crippen molar-refractivity contribution in [1.29, 1.82) is 0 Å². The third-order valence-electron chi connectivity index (χ3n) is 3.75. The van der Waals surface area contributed by atoms with Crippen LogP contribution in [0.4, 0.5) is 5.95 Å². The number of ether oxygens (including phenoxy) is 2. The first-order valence-corrected chi connectivity index (χ1v) is 7.25. The first-order chi connectivity index (χ1) is 11.5. The molecule has 0 bridgehead atoms. The Morgan fingerprint density at radius 1 is 1.62 bits per heavy atom. The Morgan fingerprint density at radius 2 is 2.42 bits per heavy atom. The maximum atomic E-state index is 12.1. The number of rotatable bonds is 5. The van der Waals surface area contributed by atoms with E-state index >= 15 is 0 Å². The summed E-state index contributed by atoms with van der Waals surface area (Å²) in [5.74, 6) is -0.434. The van der Waals surface area contributed by atoms with Gasteiger partial charge in [-0.05, 0) is 0 Å². The number of esters is 1. The molecule has 0 amide bonds. The van der Waals surface area contributed by atoms with Crippen LogP contribution in [0.3, 0.4) is 0 Å². The Hall–Kier alpha value is -2.50. The standard InChI is InChI=1S/C13H17N5O6/c1-23-9(21)3-14-13-16-11-10(12(22)17-13)15-5-18(11)8-2-6(20)7(4-19)24-8/h5-8,19-20H,2-4H2,1H3,(H2,14,16,17,22)/t6-,7+,8+/m1/s1. The van der Waals surface area contributed by atoms with Gasteiger partial charge in [-0.3, -0.25) is 19.1 Å². The first-order valence-electron chi connectivity index (χ1n) is 7.25. The Morgan fingerprint density at radius 3 is 3.08 bits per heavy atom. The van der Waals surface area contributed by atoms with Crippen LogP contribution < -0.4 is 10.9 Å². The number of carbonyl (C=O) groups excluding carboxylic acids is 1. The molecular formula is C13H17N5O6. The summed E-state index contributed by atoms with van der Waals surface area (Å²) in [6.07, 6.45) is -0.517. The molecule has 0 unspecified atom stereocenters. The quantitative estimate of drug-likeness (QED) is 0.469. The molecule has 2 aromatic heterocycles. The van der Waals surface area contributed by atoms with E-state index in [4.69, 9.17) is 9.84 Å². The Bertz CT molecular complexity index is 802. The molecule has 0 spiro atoms. The number of nitrogens with zero attached hydrogens (tertiary/aromatic N) is 3. The van der Waals surface area contributed by atoms with Gasteiger partial charge in [0.2, 0.25) is 5.95 Å². The molecule has 4 N–H and O–H groups in total. The predicted molar refractivity (Wildman–Crippen MR) is 80.3 cm³/mol. The van der Waals surface area contributed by atoms with Crippen molar-refractivity contribution in [1.82, 2.24) is 19.5 Å². The lowest BCUT2D eigenvalue weighted by Crippen LogP contribution is -2.24. The third-order valence-corrected chi connectivity index (χ3v) is 3.75. The number of H-pyrrole nitrogens is 1. The SMILES string of the molecule is COC(=O)CNc1nc2c(ncn2[C@@H]2C[C@@H](O)[C@H](CO)O2)c(=O)[nH]1. The second-order valence-corrected chi connectivity index (χ2v) is 5.28. The van der Waals surface area contributed by atoms with Gasteiger partial charge in [0.05, 0.1) is 26.1 Å². The first kappa shape index (κ1) is 16.4. The molecule has 0 radical (unpaired) electrons. The molecule has 130 valence electrons. The van der Waals surface area contributed by atoms with Gasteiger partial charge < -0.3 is 25.0 Å². The highest BCUT2D eigenvalue weighted by atomic mass is 16.5. The minimum Gasteiger partial charge on any atom is -0.468 e. The third kappa shape index (κ3) is 2.96. The van der Waals surface area contributed by atoms with E-state index in [9.17, 15) is 14.7 Å². The zero-order chi connectivity index (χ0) is 17.3. The molecule has 3 rings (SSSR count). The highest BCUT2D eigenvalue weighted by Gasteiger charge is 2.35. The van der Waals surface area contributed by atoms with E-state index in [2.05, 4.69) is 25.0 Å². The average molecular weight is 339 g/mol. The minimum absolute atomic E-state index is 0.0805. The van der Waals surface area contributed by atoms with Gasteiger partial charge in [0.25, 0.3) is 5.56 Å². The van der Waals surface area contributed by atoms with E-state index in [-0.39, 0.29) is 36.7 Å². The van der Waals surface area contributed by atoms with E-state index in [1.165, 1.54) is 18.0 Å². The van der Waals surface area contributed by atoms with Crippen molar-refractivity contribution < 1.29 is 24.5 Å². The number of anilines is 1. The molecule has 1 aliphatic heterocycles. The summed E-state index contributed by atoms with van der Waals surface area (Å²) in [4.78, 5) is 33.9. The smallest absolute Gasteiger partial charge is 0.325 e. The van der Waals surface area contributed by atoms with Crippen molar-refractivity contribution in [3.8, 4) is 0 Å². The number of aromatic nitrogens is 4. The summed E-state index contributed by atoms with van der Waals surface area (Å²) in [7, 11) is 1.25. The molecule has 11 heteroatoms. The molecule has 24 heavy (non-hydrogen) atoms. The number of carbonyl (C=O) groups is 1. The van der Waals surface area contributed by atoms with Crippen molar-refractivity contribution in [2.75, 3.05) is 25.6 Å². The average Bonchev–Trinajstić information content (AvgIpc) is 3.15. The van der Waals surface area contributed by atoms with Crippen LogP contribution in [0.2, 0.25) is 0 Å². The largest absolute Gasteiger partial charge is 0.468 e. The monoisotopic (exact) mass is 339 g/mol. The predicted octanol–water partition coefficient (Wildman–Crippen LogP) is -1.65. The number of nitrogens with one attached hydrogen (secondary N) is 2. The summed E-state index contributed by atoms with van der Waals surface area (Å²) in [6.45, 7) is -0.478. The van der Waals surface area contributed by atoms with E-state index in [0.717, 1.165) is 0 Å². The van der Waals surface area contributed by atoms with Crippen molar-refractivity contribution in [3.05, 3.63) is 16.7 Å². The van der Waals surface area contributed by atoms with Crippen LogP contribution in [0.15, 0.2) is 11.1 Å². The summed E-state index contributed by atoms with van der Waals surface area (Å²) < 4.78 is 11.6. The summed E-state index contributed by atoms with van der Waals surface area (Å²) in [6, 6.07) is 0. The number of methoxy groups -OCH3 is 1. The molecule has 1 aliphatic rings. The fourth-order valence-electron chi connectivity index (χ4n) is 2.50. The van der Waals surface area contributed by atoms with Crippen molar-refractivity contribution in [2.24, 2.45) is 0 Å². The molecule has 3 heterocycles. The summed E-state index contributed by atoms with van der Waals surface area (Å²) in [5, 5.41) is 21.7. The maximum Gasteiger partial charge on any atom is 0.325 e. The van der Waals surface area contributed by atoms with Gasteiger partial charge in [0.15, 0.2) is 11.2 Å². The Balaban J connectivity index is 1.91. The fourth-order valence-corrected chi connectivity index (χ4v) is 2.50. The lowest BCUT2D eigenvalue weighted by atomic mass is 10.2. The van der Waals surface area contributed by atoms with Crippen molar-refractivity contribution >= 4 is 23.1 Å². The highest BCUT2D eigenvalue weighted by Crippen LogP contribution is 2.30. The van der Waals surface area contributed by atoms with Crippen molar-refractivity contribution in [2.45, 2.75) is 24.9 Å². The molecule has 0 saturated carbocycles. The maximum absolute atomic E-state index is 12.1. The molecule has 1 saturated heterocycles. The number of aliphatic hydroxyl groups excluding tert-OH is 2. The number of fused-ring (bicyclic) bond motifs is 1. The van der Waals surface area contributed by atoms with Crippen LogP contribution in [0.25, 0.3) is 11.2 Å². The van der Waals surface area contributed by atoms with E-state index < -0.39 is 30.0 Å². The van der Waals surface area contributed by atoms with E-state index in [1.54, 1.807) is 0 Å². The minimum atomic E-state index is -0.823. The van der Waals surface area contributed by atoms with Crippen molar-refractivity contribution in [3.63, 3.8) is 0 Å². The van der Waals surface area contributed by atoms with Crippen LogP contribution in [0.5, 0.6) is 0 Å². The Kier molecular flexibility index (Phi) is 4.46. The summed E-state index contributed by atoms with van der Waals surface area (Å²) in [5.41, 5.74) is -0.144. The molecule has 3 atom stereocenters. The van der Waals surface area contributed by atoms with Gasteiger partial charge in [-0.2, -0.15) is 4.98 Å². The van der Waals surface area contributed by atoms with Crippen LogP contribution in [0.1, 0.15) is 12.6 Å². The van der Waals surface area contributed by atoms with Crippen LogP contribution in [-0.4, -0.2) is 68.2 Å². The zero-order valence-electron chi connectivity index (χ0n) is 12.8. The highest BCUT2D eigenvalue weighted by molar-refractivity contribution is 5.75. The normalized spacial score (nSPS) is 23.5. The van der Waals surface area contributed by atoms with E-state index in [0.29, 0.717) is 0 Å². The van der Waals surface area contributed by atoms with Gasteiger partial charge in [-0.15, -0.1) is 0 Å². The molecule has 0 aliphatic carbocycles. The van der Waals surface area contributed by atoms with Gasteiger partial charge in [0.1, 0.15) is 18.9 Å². The lowest BCUT2D eigenvalue weighted by molar-refractivity contribution is -0.138. The second kappa shape index (κ2) is 6.55. The van der Waals surface area contributed by atoms with Gasteiger partial charge in [-0.1, -0.05) is 0 Å². The Labute approximate surface area is 135 Å². The summed E-state index contributed by atoms with van der Waals surface area (Å²) >= 11 is 0. The van der Waals surface area contributed by atoms with Crippen LogP contribution in [0, 0.1) is 0 Å². The molecule has 11 nitrogen and oxygen atoms in total. The molecule has 0 aromatic carbocycles. The molecule has 2 aromatic rings. The number of hydrogen-bond acceptors (Lipinski definition) is 9. The fraction of sp³-hybridized carbons (Fsp3) is 0.538. The molecular weight excluding hydrogens is 322 g/mol. The number of aromatic amines is 1. The molecule has 1 fully saturated rings. The topological polar surface area (TPSA) is 152 Å².